The smallest absolute Gasteiger partial charge is 0.315 e. The van der Waals surface area contributed by atoms with Crippen LogP contribution in [0, 0.1) is 6.92 Å². The normalized spacial score (nSPS) is 17.6. The van der Waals surface area contributed by atoms with Gasteiger partial charge in [0.2, 0.25) is 0 Å². The molecule has 24 heavy (non-hydrogen) atoms. The van der Waals surface area contributed by atoms with Gasteiger partial charge in [-0.3, -0.25) is 4.90 Å². The molecule has 2 atom stereocenters. The van der Waals surface area contributed by atoms with Crippen LogP contribution in [0.3, 0.4) is 0 Å². The standard InChI is InChI=1S/C18H25N3O2S/c1-13-7-8-16(23-13)14(2)20-18(22)19-12-15(17-6-5-11-24-17)21-9-3-4-10-21/h5-8,11,14-15H,3-4,9-10,12H2,1-2H3,(H2,19,20,22)/t14-,15-/m0/s1. The van der Waals surface area contributed by atoms with Crippen molar-refractivity contribution in [3.05, 3.63) is 46.0 Å². The number of carbonyl (C=O) groups excluding carboxylic acids is 1. The molecule has 0 aromatic carbocycles. The molecule has 2 N–H and O–H groups in total. The Hall–Kier alpha value is -1.79. The predicted octanol–water partition coefficient (Wildman–Crippen LogP) is 3.85. The van der Waals surface area contributed by atoms with E-state index in [-0.39, 0.29) is 18.1 Å². The summed E-state index contributed by atoms with van der Waals surface area (Å²) in [7, 11) is 0. The zero-order valence-corrected chi connectivity index (χ0v) is 15.1. The lowest BCUT2D eigenvalue weighted by Gasteiger charge is -2.27. The molecule has 2 aromatic heterocycles. The highest BCUT2D eigenvalue weighted by Crippen LogP contribution is 2.27. The van der Waals surface area contributed by atoms with Crippen LogP contribution in [0.15, 0.2) is 34.1 Å². The van der Waals surface area contributed by atoms with Crippen LogP contribution in [0.4, 0.5) is 4.79 Å². The van der Waals surface area contributed by atoms with Crippen LogP contribution in [-0.2, 0) is 0 Å². The zero-order valence-electron chi connectivity index (χ0n) is 14.2. The quantitative estimate of drug-likeness (QED) is 0.834. The Balaban J connectivity index is 1.55. The van der Waals surface area contributed by atoms with Gasteiger partial charge in [0, 0.05) is 11.4 Å². The first kappa shape index (κ1) is 17.0. The number of carbonyl (C=O) groups is 1. The molecule has 3 rings (SSSR count). The average molecular weight is 347 g/mol. The summed E-state index contributed by atoms with van der Waals surface area (Å²) in [4.78, 5) is 16.0. The lowest BCUT2D eigenvalue weighted by Crippen LogP contribution is -2.42. The zero-order chi connectivity index (χ0) is 16.9. The van der Waals surface area contributed by atoms with Gasteiger partial charge in [0.1, 0.15) is 11.5 Å². The molecular weight excluding hydrogens is 322 g/mol. The summed E-state index contributed by atoms with van der Waals surface area (Å²) in [6.07, 6.45) is 2.48. The van der Waals surface area contributed by atoms with E-state index in [1.54, 1.807) is 11.3 Å². The van der Waals surface area contributed by atoms with Crippen molar-refractivity contribution in [2.45, 2.75) is 38.8 Å². The molecular formula is C18H25N3O2S. The molecule has 0 spiro atoms. The molecule has 130 valence electrons. The number of furan rings is 1. The minimum Gasteiger partial charge on any atom is -0.464 e. The number of urea groups is 1. The number of aryl methyl sites for hydroxylation is 1. The van der Waals surface area contributed by atoms with Crippen molar-refractivity contribution in [1.29, 1.82) is 0 Å². The van der Waals surface area contributed by atoms with Crippen molar-refractivity contribution >= 4 is 17.4 Å². The molecule has 0 aliphatic carbocycles. The molecule has 0 bridgehead atoms. The maximum absolute atomic E-state index is 12.2. The largest absolute Gasteiger partial charge is 0.464 e. The monoisotopic (exact) mass is 347 g/mol. The molecule has 0 radical (unpaired) electrons. The highest BCUT2D eigenvalue weighted by molar-refractivity contribution is 7.10. The molecule has 1 saturated heterocycles. The van der Waals surface area contributed by atoms with E-state index < -0.39 is 0 Å². The first-order valence-corrected chi connectivity index (χ1v) is 9.39. The van der Waals surface area contributed by atoms with Crippen molar-refractivity contribution in [1.82, 2.24) is 15.5 Å². The van der Waals surface area contributed by atoms with E-state index in [1.807, 2.05) is 26.0 Å². The van der Waals surface area contributed by atoms with Gasteiger partial charge in [-0.15, -0.1) is 11.3 Å². The Morgan fingerprint density at radius 3 is 2.75 bits per heavy atom. The Morgan fingerprint density at radius 2 is 2.12 bits per heavy atom. The molecule has 1 aliphatic rings. The molecule has 2 aromatic rings. The number of rotatable bonds is 6. The second kappa shape index (κ2) is 7.85. The maximum Gasteiger partial charge on any atom is 0.315 e. The van der Waals surface area contributed by atoms with E-state index in [1.165, 1.54) is 17.7 Å². The Bertz CT molecular complexity index is 647. The van der Waals surface area contributed by atoms with Crippen LogP contribution in [-0.4, -0.2) is 30.6 Å². The van der Waals surface area contributed by atoms with E-state index in [0.717, 1.165) is 24.6 Å². The van der Waals surface area contributed by atoms with Crippen molar-refractivity contribution in [2.75, 3.05) is 19.6 Å². The van der Waals surface area contributed by atoms with Gasteiger partial charge in [-0.05, 0) is 63.4 Å². The van der Waals surface area contributed by atoms with Crippen LogP contribution >= 0.6 is 11.3 Å². The summed E-state index contributed by atoms with van der Waals surface area (Å²) in [5.41, 5.74) is 0. The third-order valence-corrected chi connectivity index (χ3v) is 5.42. The van der Waals surface area contributed by atoms with Crippen molar-refractivity contribution in [3.63, 3.8) is 0 Å². The Morgan fingerprint density at radius 1 is 1.33 bits per heavy atom. The van der Waals surface area contributed by atoms with Crippen LogP contribution in [0.2, 0.25) is 0 Å². The third kappa shape index (κ3) is 4.19. The number of nitrogens with zero attached hydrogens (tertiary/aromatic N) is 1. The fourth-order valence-corrected chi connectivity index (χ4v) is 4.00. The maximum atomic E-state index is 12.2. The summed E-state index contributed by atoms with van der Waals surface area (Å²) < 4.78 is 5.56. The lowest BCUT2D eigenvalue weighted by atomic mass is 10.2. The van der Waals surface area contributed by atoms with Crippen LogP contribution < -0.4 is 10.6 Å². The highest BCUT2D eigenvalue weighted by Gasteiger charge is 2.25. The summed E-state index contributed by atoms with van der Waals surface area (Å²) in [6.45, 7) is 6.66. The molecule has 6 heteroatoms. The van der Waals surface area contributed by atoms with E-state index in [9.17, 15) is 4.79 Å². The SMILES string of the molecule is Cc1ccc([C@H](C)NC(=O)NC[C@@H](c2cccs2)N2CCCC2)o1. The van der Waals surface area contributed by atoms with Gasteiger partial charge in [-0.1, -0.05) is 6.07 Å². The molecule has 0 saturated carbocycles. The number of hydrogen-bond acceptors (Lipinski definition) is 4. The lowest BCUT2D eigenvalue weighted by molar-refractivity contribution is 0.219. The fourth-order valence-electron chi connectivity index (χ4n) is 3.14. The summed E-state index contributed by atoms with van der Waals surface area (Å²) >= 11 is 1.75. The van der Waals surface area contributed by atoms with Crippen LogP contribution in [0.1, 0.15) is 48.2 Å². The van der Waals surface area contributed by atoms with Crippen molar-refractivity contribution in [2.24, 2.45) is 0 Å². The van der Waals surface area contributed by atoms with Crippen LogP contribution in [0.5, 0.6) is 0 Å². The number of amides is 2. The predicted molar refractivity (Wildman–Crippen MR) is 96.3 cm³/mol. The summed E-state index contributed by atoms with van der Waals surface area (Å²) in [6, 6.07) is 8.00. The first-order chi connectivity index (χ1) is 11.6. The van der Waals surface area contributed by atoms with Crippen molar-refractivity contribution in [3.8, 4) is 0 Å². The summed E-state index contributed by atoms with van der Waals surface area (Å²) in [5, 5.41) is 8.07. The number of nitrogens with one attached hydrogen (secondary N) is 2. The number of likely N-dealkylation sites (tertiary alicyclic amines) is 1. The van der Waals surface area contributed by atoms with Crippen molar-refractivity contribution < 1.29 is 9.21 Å². The molecule has 1 fully saturated rings. The average Bonchev–Trinajstić information content (AvgIpc) is 3.30. The van der Waals surface area contributed by atoms with Crippen LogP contribution in [0.25, 0.3) is 0 Å². The van der Waals surface area contributed by atoms with Gasteiger partial charge in [0.15, 0.2) is 0 Å². The van der Waals surface area contributed by atoms with Gasteiger partial charge in [0.05, 0.1) is 12.1 Å². The van der Waals surface area contributed by atoms with Gasteiger partial charge < -0.3 is 15.1 Å². The molecule has 2 amide bonds. The van der Waals surface area contributed by atoms with Gasteiger partial charge in [-0.25, -0.2) is 4.79 Å². The summed E-state index contributed by atoms with van der Waals surface area (Å²) in [5.74, 6) is 1.63. The Kier molecular flexibility index (Phi) is 5.58. The third-order valence-electron chi connectivity index (χ3n) is 4.44. The van der Waals surface area contributed by atoms with E-state index >= 15 is 0 Å². The van der Waals surface area contributed by atoms with Gasteiger partial charge in [-0.2, -0.15) is 0 Å². The minimum atomic E-state index is -0.155. The number of hydrogen-bond donors (Lipinski definition) is 2. The second-order valence-electron chi connectivity index (χ2n) is 6.30. The van der Waals surface area contributed by atoms with E-state index in [2.05, 4.69) is 33.0 Å². The molecule has 3 heterocycles. The topological polar surface area (TPSA) is 57.5 Å². The molecule has 1 aliphatic heterocycles. The fraction of sp³-hybridized carbons (Fsp3) is 0.500. The molecule has 5 nitrogen and oxygen atoms in total. The highest BCUT2D eigenvalue weighted by atomic mass is 32.1. The Labute approximate surface area is 147 Å². The minimum absolute atomic E-state index is 0.148. The van der Waals surface area contributed by atoms with E-state index in [4.69, 9.17) is 4.42 Å². The first-order valence-electron chi connectivity index (χ1n) is 8.51. The van der Waals surface area contributed by atoms with E-state index in [0.29, 0.717) is 6.54 Å². The number of thiophene rings is 1. The molecule has 0 unspecified atom stereocenters. The second-order valence-corrected chi connectivity index (χ2v) is 7.28. The van der Waals surface area contributed by atoms with Gasteiger partial charge >= 0.3 is 6.03 Å². The van der Waals surface area contributed by atoms with Gasteiger partial charge in [0.25, 0.3) is 0 Å².